The first-order valence-electron chi connectivity index (χ1n) is 3.63. The molecule has 0 rings (SSSR count). The third-order valence-corrected chi connectivity index (χ3v) is 2.21. The largest absolute Gasteiger partial charge is 0.399 e. The number of hydrogen-bond acceptors (Lipinski definition) is 2. The summed E-state index contributed by atoms with van der Waals surface area (Å²) in [6.45, 7) is 8.49. The lowest BCUT2D eigenvalue weighted by Crippen LogP contribution is -2.11. The lowest BCUT2D eigenvalue weighted by molar-refractivity contribution is 0.196. The summed E-state index contributed by atoms with van der Waals surface area (Å²) in [5.41, 5.74) is 0. The van der Waals surface area contributed by atoms with Crippen LogP contribution in [-0.4, -0.2) is 22.7 Å². The quantitative estimate of drug-likeness (QED) is 0.328. The van der Waals surface area contributed by atoms with Gasteiger partial charge in [-0.3, -0.25) is 0 Å². The van der Waals surface area contributed by atoms with Crippen molar-refractivity contribution in [3.05, 3.63) is 12.7 Å². The Bertz CT molecular complexity index is 85.7. The molecule has 0 saturated carbocycles. The van der Waals surface area contributed by atoms with Gasteiger partial charge in [-0.2, -0.15) is 0 Å². The molecule has 0 amide bonds. The second-order valence-electron chi connectivity index (χ2n) is 2.13. The highest BCUT2D eigenvalue weighted by Crippen LogP contribution is 1.89. The van der Waals surface area contributed by atoms with E-state index in [0.29, 0.717) is 0 Å². The minimum absolute atomic E-state index is 0.156. The van der Waals surface area contributed by atoms with E-state index < -0.39 is 10.0 Å². The van der Waals surface area contributed by atoms with E-state index in [4.69, 9.17) is 8.85 Å². The first-order chi connectivity index (χ1) is 4.81. The Morgan fingerprint density at radius 2 is 2.40 bits per heavy atom. The molecule has 0 aliphatic rings. The molecule has 3 heteroatoms. The van der Waals surface area contributed by atoms with Crippen molar-refractivity contribution in [2.24, 2.45) is 0 Å². The molecule has 1 atom stereocenters. The molecule has 2 nitrogen and oxygen atoms in total. The molecule has 0 bridgehead atoms. The molecule has 10 heavy (non-hydrogen) atoms. The molecule has 0 aliphatic carbocycles. The molecule has 1 unspecified atom stereocenters. The maximum absolute atomic E-state index is 5.29. The Balaban J connectivity index is 2.95. The average Bonchev–Trinajstić information content (AvgIpc) is 1.98. The third kappa shape index (κ3) is 6.00. The van der Waals surface area contributed by atoms with Crippen LogP contribution in [0.3, 0.4) is 0 Å². The van der Waals surface area contributed by atoms with Crippen molar-refractivity contribution in [2.45, 2.75) is 26.4 Å². The van der Waals surface area contributed by atoms with Gasteiger partial charge in [0.1, 0.15) is 0 Å². The first kappa shape index (κ1) is 9.88. The fraction of sp³-hybridized carbons (Fsp3) is 0.714. The molecular weight excluding hydrogens is 144 g/mol. The summed E-state index contributed by atoms with van der Waals surface area (Å²) in [7, 11) is -0.729. The van der Waals surface area contributed by atoms with Crippen LogP contribution < -0.4 is 0 Å². The molecule has 60 valence electrons. The third-order valence-electron chi connectivity index (χ3n) is 1.09. The molecule has 0 aliphatic heterocycles. The highest BCUT2D eigenvalue weighted by Gasteiger charge is 1.93. The van der Waals surface area contributed by atoms with Crippen LogP contribution in [0.25, 0.3) is 0 Å². The van der Waals surface area contributed by atoms with E-state index in [1.807, 2.05) is 6.92 Å². The van der Waals surface area contributed by atoms with Gasteiger partial charge in [-0.15, -0.1) is 6.58 Å². The van der Waals surface area contributed by atoms with Crippen LogP contribution in [0.4, 0.5) is 0 Å². The van der Waals surface area contributed by atoms with E-state index in [9.17, 15) is 0 Å². The van der Waals surface area contributed by atoms with Crippen molar-refractivity contribution in [1.29, 1.82) is 0 Å². The van der Waals surface area contributed by atoms with Crippen LogP contribution in [0.5, 0.6) is 0 Å². The van der Waals surface area contributed by atoms with Gasteiger partial charge in [-0.25, -0.2) is 0 Å². The number of hydrogen-bond donors (Lipinski definition) is 0. The SMILES string of the molecule is C=CC(C)O[SiH2]OCCC. The van der Waals surface area contributed by atoms with Gasteiger partial charge in [0.05, 0.1) is 6.10 Å². The van der Waals surface area contributed by atoms with Crippen molar-refractivity contribution in [3.8, 4) is 0 Å². The average molecular weight is 160 g/mol. The maximum Gasteiger partial charge on any atom is 0.304 e. The molecule has 0 N–H and O–H groups in total. The molecule has 0 heterocycles. The van der Waals surface area contributed by atoms with Crippen LogP contribution in [0.15, 0.2) is 12.7 Å². The van der Waals surface area contributed by atoms with Crippen molar-refractivity contribution in [1.82, 2.24) is 0 Å². The van der Waals surface area contributed by atoms with Crippen LogP contribution in [0.1, 0.15) is 20.3 Å². The second kappa shape index (κ2) is 6.99. The smallest absolute Gasteiger partial charge is 0.304 e. The summed E-state index contributed by atoms with van der Waals surface area (Å²) >= 11 is 0. The lowest BCUT2D eigenvalue weighted by Gasteiger charge is -2.07. The monoisotopic (exact) mass is 160 g/mol. The van der Waals surface area contributed by atoms with Gasteiger partial charge >= 0.3 is 10.0 Å². The van der Waals surface area contributed by atoms with E-state index in [1.165, 1.54) is 0 Å². The zero-order chi connectivity index (χ0) is 7.82. The number of rotatable bonds is 6. The summed E-state index contributed by atoms with van der Waals surface area (Å²) in [6.07, 6.45) is 3.00. The Kier molecular flexibility index (Phi) is 6.90. The summed E-state index contributed by atoms with van der Waals surface area (Å²) in [4.78, 5) is 0. The molecule has 0 aromatic carbocycles. The second-order valence-corrected chi connectivity index (χ2v) is 3.11. The molecule has 0 spiro atoms. The summed E-state index contributed by atoms with van der Waals surface area (Å²) in [5, 5.41) is 0. The lowest BCUT2D eigenvalue weighted by atomic mass is 10.4. The fourth-order valence-electron chi connectivity index (χ4n) is 0.427. The Labute approximate surface area is 65.3 Å². The van der Waals surface area contributed by atoms with Crippen molar-refractivity contribution >= 4 is 10.0 Å². The molecule has 0 radical (unpaired) electrons. The molecule has 0 aromatic heterocycles. The van der Waals surface area contributed by atoms with Gasteiger partial charge in [0.15, 0.2) is 0 Å². The molecule has 0 aromatic rings. The van der Waals surface area contributed by atoms with Gasteiger partial charge in [-0.1, -0.05) is 13.0 Å². The van der Waals surface area contributed by atoms with E-state index >= 15 is 0 Å². The Morgan fingerprint density at radius 1 is 1.70 bits per heavy atom. The molecule has 0 saturated heterocycles. The van der Waals surface area contributed by atoms with Crippen LogP contribution in [-0.2, 0) is 8.85 Å². The molecule has 0 fully saturated rings. The van der Waals surface area contributed by atoms with Crippen molar-refractivity contribution in [2.75, 3.05) is 6.61 Å². The Hall–Kier alpha value is -0.123. The fourth-order valence-corrected chi connectivity index (χ4v) is 1.28. The van der Waals surface area contributed by atoms with Gasteiger partial charge < -0.3 is 8.85 Å². The Morgan fingerprint density at radius 3 is 2.90 bits per heavy atom. The summed E-state index contributed by atoms with van der Waals surface area (Å²) in [5.74, 6) is 0. The molecular formula is C7H16O2Si. The van der Waals surface area contributed by atoms with E-state index in [2.05, 4.69) is 13.5 Å². The maximum atomic E-state index is 5.29. The minimum atomic E-state index is -0.729. The summed E-state index contributed by atoms with van der Waals surface area (Å²) in [6, 6.07) is 0. The summed E-state index contributed by atoms with van der Waals surface area (Å²) < 4.78 is 10.5. The van der Waals surface area contributed by atoms with Gasteiger partial charge in [0.25, 0.3) is 0 Å². The van der Waals surface area contributed by atoms with Gasteiger partial charge in [-0.05, 0) is 13.3 Å². The zero-order valence-corrected chi connectivity index (χ0v) is 8.21. The van der Waals surface area contributed by atoms with E-state index in [1.54, 1.807) is 6.08 Å². The minimum Gasteiger partial charge on any atom is -0.399 e. The van der Waals surface area contributed by atoms with Crippen molar-refractivity contribution < 1.29 is 8.85 Å². The topological polar surface area (TPSA) is 18.5 Å². The van der Waals surface area contributed by atoms with Gasteiger partial charge in [0.2, 0.25) is 0 Å². The predicted molar refractivity (Wildman–Crippen MR) is 45.5 cm³/mol. The van der Waals surface area contributed by atoms with Crippen molar-refractivity contribution in [3.63, 3.8) is 0 Å². The van der Waals surface area contributed by atoms with E-state index in [-0.39, 0.29) is 6.10 Å². The van der Waals surface area contributed by atoms with Crippen LogP contribution in [0.2, 0.25) is 0 Å². The zero-order valence-electron chi connectivity index (χ0n) is 6.80. The predicted octanol–water partition coefficient (Wildman–Crippen LogP) is 1.00. The van der Waals surface area contributed by atoms with Crippen LogP contribution in [0, 0.1) is 0 Å². The van der Waals surface area contributed by atoms with Crippen LogP contribution >= 0.6 is 0 Å². The normalized spacial score (nSPS) is 14.2. The van der Waals surface area contributed by atoms with E-state index in [0.717, 1.165) is 13.0 Å². The highest BCUT2D eigenvalue weighted by atomic mass is 28.3. The highest BCUT2D eigenvalue weighted by molar-refractivity contribution is 6.18. The first-order valence-corrected chi connectivity index (χ1v) is 4.78. The standard InChI is InChI=1S/C7H16O2Si/c1-4-6-8-10-9-7(3)5-2/h5,7H,2,4,6,10H2,1,3H3. The van der Waals surface area contributed by atoms with Gasteiger partial charge in [0, 0.05) is 6.61 Å².